The van der Waals surface area contributed by atoms with Gasteiger partial charge in [0.05, 0.1) is 17.2 Å². The number of fused-ring (bicyclic) bond motifs is 1. The van der Waals surface area contributed by atoms with Crippen LogP contribution in [0, 0.1) is 0 Å². The molecule has 6 heteroatoms. The van der Waals surface area contributed by atoms with Crippen LogP contribution in [0.15, 0.2) is 51.7 Å². The number of ether oxygens (including phenoxy) is 1. The first-order valence-electron chi connectivity index (χ1n) is 7.70. The normalized spacial score (nSPS) is 11.2. The topological polar surface area (TPSA) is 42.7 Å². The van der Waals surface area contributed by atoms with E-state index in [1.54, 1.807) is 19.2 Å². The van der Waals surface area contributed by atoms with Crippen molar-refractivity contribution in [3.05, 3.63) is 74.1 Å². The van der Waals surface area contributed by atoms with E-state index in [1.165, 1.54) is 6.07 Å². The van der Waals surface area contributed by atoms with E-state index in [0.717, 1.165) is 16.5 Å². The Morgan fingerprint density at radius 3 is 2.60 bits per heavy atom. The van der Waals surface area contributed by atoms with E-state index < -0.39 is 0 Å². The average Bonchev–Trinajstić information content (AvgIpc) is 2.58. The summed E-state index contributed by atoms with van der Waals surface area (Å²) in [5.41, 5.74) is 1.95. The molecule has 4 nitrogen and oxygen atoms in total. The molecule has 0 fully saturated rings. The molecule has 0 radical (unpaired) electrons. The molecular weight excluding hydrogens is 361 g/mol. The summed E-state index contributed by atoms with van der Waals surface area (Å²) < 4.78 is 10.5. The van der Waals surface area contributed by atoms with Crippen molar-refractivity contribution in [2.45, 2.75) is 13.1 Å². The molecule has 0 bridgehead atoms. The first-order chi connectivity index (χ1) is 12.0. The van der Waals surface area contributed by atoms with E-state index in [2.05, 4.69) is 4.90 Å². The highest BCUT2D eigenvalue weighted by molar-refractivity contribution is 6.42. The first kappa shape index (κ1) is 17.8. The zero-order valence-corrected chi connectivity index (χ0v) is 15.4. The molecule has 2 aromatic carbocycles. The van der Waals surface area contributed by atoms with Crippen LogP contribution in [0.1, 0.15) is 11.1 Å². The summed E-state index contributed by atoms with van der Waals surface area (Å²) in [6.07, 6.45) is 0. The second-order valence-corrected chi connectivity index (χ2v) is 6.62. The molecule has 1 heterocycles. The third-order valence-electron chi connectivity index (χ3n) is 3.95. The molecule has 0 spiro atoms. The molecule has 0 saturated heterocycles. The lowest BCUT2D eigenvalue weighted by Crippen LogP contribution is -2.18. The van der Waals surface area contributed by atoms with Crippen LogP contribution in [0.3, 0.4) is 0 Å². The van der Waals surface area contributed by atoms with Gasteiger partial charge >= 0.3 is 5.63 Å². The van der Waals surface area contributed by atoms with Gasteiger partial charge in [0.2, 0.25) is 0 Å². The summed E-state index contributed by atoms with van der Waals surface area (Å²) >= 11 is 12.3. The highest BCUT2D eigenvalue weighted by Gasteiger charge is 2.12. The van der Waals surface area contributed by atoms with Crippen LogP contribution in [0.2, 0.25) is 10.0 Å². The summed E-state index contributed by atoms with van der Waals surface area (Å²) in [7, 11) is 3.53. The van der Waals surface area contributed by atoms with Crippen molar-refractivity contribution in [3.8, 4) is 5.75 Å². The van der Waals surface area contributed by atoms with Crippen molar-refractivity contribution in [3.63, 3.8) is 0 Å². The predicted molar refractivity (Wildman–Crippen MR) is 101 cm³/mol. The van der Waals surface area contributed by atoms with Gasteiger partial charge in [0.1, 0.15) is 11.3 Å². The second-order valence-electron chi connectivity index (χ2n) is 5.84. The Labute approximate surface area is 155 Å². The molecule has 0 atom stereocenters. The lowest BCUT2D eigenvalue weighted by molar-refractivity contribution is 0.319. The Balaban J connectivity index is 1.89. The minimum atomic E-state index is -0.384. The molecule has 3 rings (SSSR count). The van der Waals surface area contributed by atoms with E-state index in [4.69, 9.17) is 32.4 Å². The number of methoxy groups -OCH3 is 1. The van der Waals surface area contributed by atoms with E-state index in [9.17, 15) is 4.79 Å². The number of rotatable bonds is 5. The van der Waals surface area contributed by atoms with Crippen molar-refractivity contribution in [1.82, 2.24) is 4.90 Å². The van der Waals surface area contributed by atoms with E-state index in [-0.39, 0.29) is 5.63 Å². The fourth-order valence-corrected chi connectivity index (χ4v) is 3.16. The number of hydrogen-bond donors (Lipinski definition) is 0. The monoisotopic (exact) mass is 377 g/mol. The largest absolute Gasteiger partial charge is 0.497 e. The molecule has 0 amide bonds. The van der Waals surface area contributed by atoms with Crippen LogP contribution in [-0.4, -0.2) is 19.1 Å². The first-order valence-corrected chi connectivity index (χ1v) is 8.45. The summed E-state index contributed by atoms with van der Waals surface area (Å²) in [6, 6.07) is 12.5. The molecule has 130 valence electrons. The fraction of sp³-hybridized carbons (Fsp3) is 0.211. The van der Waals surface area contributed by atoms with E-state index >= 15 is 0 Å². The number of benzene rings is 2. The maximum Gasteiger partial charge on any atom is 0.336 e. The van der Waals surface area contributed by atoms with Crippen molar-refractivity contribution in [2.24, 2.45) is 0 Å². The summed E-state index contributed by atoms with van der Waals surface area (Å²) in [4.78, 5) is 13.9. The smallest absolute Gasteiger partial charge is 0.336 e. The average molecular weight is 378 g/mol. The fourth-order valence-electron chi connectivity index (χ4n) is 2.78. The van der Waals surface area contributed by atoms with Crippen molar-refractivity contribution < 1.29 is 9.15 Å². The number of halogens is 2. The van der Waals surface area contributed by atoms with Gasteiger partial charge in [-0.1, -0.05) is 35.3 Å². The third kappa shape index (κ3) is 3.98. The summed E-state index contributed by atoms with van der Waals surface area (Å²) in [6.45, 7) is 1.18. The quantitative estimate of drug-likeness (QED) is 0.602. The standard InChI is InChI=1S/C19H17Cl2NO3/c1-22(10-12-4-3-5-16(20)19(12)21)11-13-8-18(23)25-17-9-14(24-2)6-7-15(13)17/h3-9H,10-11H2,1-2H3. The van der Waals surface area contributed by atoms with Gasteiger partial charge in [-0.3, -0.25) is 4.90 Å². The van der Waals surface area contributed by atoms with Crippen LogP contribution < -0.4 is 10.4 Å². The van der Waals surface area contributed by atoms with Crippen LogP contribution in [0.5, 0.6) is 5.75 Å². The Morgan fingerprint density at radius 1 is 1.08 bits per heavy atom. The van der Waals surface area contributed by atoms with E-state index in [0.29, 0.717) is 34.5 Å². The molecule has 0 aliphatic rings. The molecule has 0 aliphatic carbocycles. The van der Waals surface area contributed by atoms with Gasteiger partial charge in [-0.2, -0.15) is 0 Å². The molecule has 0 unspecified atom stereocenters. The van der Waals surface area contributed by atoms with Crippen LogP contribution in [0.4, 0.5) is 0 Å². The molecule has 0 N–H and O–H groups in total. The maximum absolute atomic E-state index is 11.9. The predicted octanol–water partition coefficient (Wildman–Crippen LogP) is 4.74. The Morgan fingerprint density at radius 2 is 1.84 bits per heavy atom. The Kier molecular flexibility index (Phi) is 5.33. The molecule has 3 aromatic rings. The van der Waals surface area contributed by atoms with Gasteiger partial charge in [0, 0.05) is 30.6 Å². The zero-order valence-electron chi connectivity index (χ0n) is 13.9. The van der Waals surface area contributed by atoms with Gasteiger partial charge in [-0.25, -0.2) is 4.79 Å². The molecule has 1 aromatic heterocycles. The van der Waals surface area contributed by atoms with Crippen LogP contribution in [0.25, 0.3) is 11.0 Å². The minimum absolute atomic E-state index is 0.384. The SMILES string of the molecule is COc1ccc2c(CN(C)Cc3cccc(Cl)c3Cl)cc(=O)oc2c1. The highest BCUT2D eigenvalue weighted by atomic mass is 35.5. The van der Waals surface area contributed by atoms with Gasteiger partial charge in [-0.15, -0.1) is 0 Å². The number of nitrogens with zero attached hydrogens (tertiary/aromatic N) is 1. The third-order valence-corrected chi connectivity index (χ3v) is 4.81. The van der Waals surface area contributed by atoms with Gasteiger partial charge in [0.15, 0.2) is 0 Å². The van der Waals surface area contributed by atoms with Gasteiger partial charge in [-0.05, 0) is 36.4 Å². The van der Waals surface area contributed by atoms with Crippen molar-refractivity contribution in [1.29, 1.82) is 0 Å². The lowest BCUT2D eigenvalue weighted by atomic mass is 10.1. The van der Waals surface area contributed by atoms with Crippen LogP contribution in [-0.2, 0) is 13.1 Å². The lowest BCUT2D eigenvalue weighted by Gasteiger charge is -2.18. The van der Waals surface area contributed by atoms with Crippen molar-refractivity contribution in [2.75, 3.05) is 14.2 Å². The minimum Gasteiger partial charge on any atom is -0.497 e. The molecular formula is C19H17Cl2NO3. The maximum atomic E-state index is 11.9. The Hall–Kier alpha value is -2.01. The molecule has 0 saturated carbocycles. The van der Waals surface area contributed by atoms with Crippen molar-refractivity contribution >= 4 is 34.2 Å². The van der Waals surface area contributed by atoms with Gasteiger partial charge in [0.25, 0.3) is 0 Å². The van der Waals surface area contributed by atoms with E-state index in [1.807, 2.05) is 31.3 Å². The van der Waals surface area contributed by atoms with Gasteiger partial charge < -0.3 is 9.15 Å². The Bertz CT molecular complexity index is 969. The zero-order chi connectivity index (χ0) is 18.0. The highest BCUT2D eigenvalue weighted by Crippen LogP contribution is 2.27. The molecule has 0 aliphatic heterocycles. The molecule has 25 heavy (non-hydrogen) atoms. The summed E-state index contributed by atoms with van der Waals surface area (Å²) in [5.74, 6) is 0.645. The second kappa shape index (κ2) is 7.48. The summed E-state index contributed by atoms with van der Waals surface area (Å²) in [5, 5.41) is 1.97. The number of hydrogen-bond acceptors (Lipinski definition) is 4. The van der Waals surface area contributed by atoms with Crippen LogP contribution >= 0.6 is 23.2 Å².